The minimum Gasteiger partial charge on any atom is -0.349 e. The van der Waals surface area contributed by atoms with E-state index in [1.807, 2.05) is 11.3 Å². The van der Waals surface area contributed by atoms with Crippen molar-refractivity contribution in [2.45, 2.75) is 57.4 Å². The van der Waals surface area contributed by atoms with Gasteiger partial charge in [0, 0.05) is 41.2 Å². The van der Waals surface area contributed by atoms with Crippen LogP contribution in [0.25, 0.3) is 6.08 Å². The summed E-state index contributed by atoms with van der Waals surface area (Å²) in [6.07, 6.45) is 7.98. The van der Waals surface area contributed by atoms with E-state index >= 15 is 0 Å². The van der Waals surface area contributed by atoms with Crippen molar-refractivity contribution >= 4 is 35.1 Å². The smallest absolute Gasteiger partial charge is 0.257 e. The highest BCUT2D eigenvalue weighted by molar-refractivity contribution is 8.03. The van der Waals surface area contributed by atoms with Crippen LogP contribution in [0, 0.1) is 5.92 Å². The van der Waals surface area contributed by atoms with Crippen molar-refractivity contribution < 1.29 is 4.79 Å². The van der Waals surface area contributed by atoms with Gasteiger partial charge >= 0.3 is 0 Å². The van der Waals surface area contributed by atoms with Crippen LogP contribution in [0.3, 0.4) is 0 Å². The van der Waals surface area contributed by atoms with Gasteiger partial charge in [-0.1, -0.05) is 37.3 Å². The van der Waals surface area contributed by atoms with E-state index in [4.69, 9.17) is 0 Å². The predicted octanol–water partition coefficient (Wildman–Crippen LogP) is 5.24. The number of hydrogen-bond acceptors (Lipinski definition) is 4. The van der Waals surface area contributed by atoms with Gasteiger partial charge in [-0.05, 0) is 60.8 Å². The number of nitrogens with zero attached hydrogens (tertiary/aromatic N) is 1. The summed E-state index contributed by atoms with van der Waals surface area (Å²) in [6, 6.07) is 11.0. The zero-order valence-corrected chi connectivity index (χ0v) is 19.3. The van der Waals surface area contributed by atoms with E-state index in [0.717, 1.165) is 49.1 Å². The average Bonchev–Trinajstić information content (AvgIpc) is 3.12. The molecule has 1 N–H and O–H groups in total. The number of hydrogen-bond donors (Lipinski definition) is 1. The number of likely N-dealkylation sites (tertiary alicyclic amines) is 1. The van der Waals surface area contributed by atoms with Gasteiger partial charge in [-0.25, -0.2) is 0 Å². The van der Waals surface area contributed by atoms with Gasteiger partial charge < -0.3 is 5.32 Å². The van der Waals surface area contributed by atoms with E-state index in [1.165, 1.54) is 35.3 Å². The molecule has 0 unspecified atom stereocenters. The minimum absolute atomic E-state index is 0.131. The van der Waals surface area contributed by atoms with E-state index in [1.54, 1.807) is 22.2 Å². The summed E-state index contributed by atoms with van der Waals surface area (Å²) in [7, 11) is 0. The fourth-order valence-corrected chi connectivity index (χ4v) is 7.55. The molecule has 1 saturated heterocycles. The summed E-state index contributed by atoms with van der Waals surface area (Å²) < 4.78 is 0. The first-order chi connectivity index (χ1) is 14.7. The van der Waals surface area contributed by atoms with Crippen molar-refractivity contribution in [1.82, 2.24) is 10.2 Å². The Morgan fingerprint density at radius 1 is 1.13 bits per heavy atom. The van der Waals surface area contributed by atoms with Crippen LogP contribution in [-0.4, -0.2) is 29.9 Å². The summed E-state index contributed by atoms with van der Waals surface area (Å²) in [6.45, 7) is 5.46. The number of piperidine rings is 1. The van der Waals surface area contributed by atoms with Crippen LogP contribution < -0.4 is 5.32 Å². The summed E-state index contributed by atoms with van der Waals surface area (Å²) in [5.41, 5.74) is 4.48. The lowest BCUT2D eigenvalue weighted by Crippen LogP contribution is -2.44. The molecule has 1 amide bonds. The highest BCUT2D eigenvalue weighted by Gasteiger charge is 2.28. The molecule has 158 valence electrons. The molecule has 0 spiro atoms. The van der Waals surface area contributed by atoms with Gasteiger partial charge in [0.2, 0.25) is 0 Å². The summed E-state index contributed by atoms with van der Waals surface area (Å²) in [5.74, 6) is 1.89. The highest BCUT2D eigenvalue weighted by Crippen LogP contribution is 2.43. The molecule has 3 aliphatic rings. The second-order valence-corrected chi connectivity index (χ2v) is 11.2. The van der Waals surface area contributed by atoms with Crippen LogP contribution >= 0.6 is 23.1 Å². The maximum Gasteiger partial charge on any atom is 0.257 e. The van der Waals surface area contributed by atoms with Crippen LogP contribution in [0.4, 0.5) is 0 Å². The molecule has 1 aliphatic carbocycles. The first kappa shape index (κ1) is 20.3. The van der Waals surface area contributed by atoms with Crippen molar-refractivity contribution in [1.29, 1.82) is 0 Å². The van der Waals surface area contributed by atoms with Gasteiger partial charge in [-0.2, -0.15) is 0 Å². The molecular weight excluding hydrogens is 408 g/mol. The predicted molar refractivity (Wildman–Crippen MR) is 128 cm³/mol. The molecule has 5 heteroatoms. The third-order valence-corrected chi connectivity index (χ3v) is 8.97. The summed E-state index contributed by atoms with van der Waals surface area (Å²) in [5, 5.41) is 3.32. The molecule has 5 rings (SSSR count). The standard InChI is InChI=1S/C25H30N2OS2/c1-17-7-8-20-21-16-29-24(14-23(21)30-22(20)13-17)25(28)26-19-9-11-27(12-10-19)15-18-5-3-2-4-6-18/h2-6,14,17,19H,7-13,15-16H2,1H3,(H,26,28)/t17-/m0/s1. The Labute approximate surface area is 187 Å². The fraction of sp³-hybridized carbons (Fsp3) is 0.480. The Balaban J connectivity index is 1.17. The molecule has 0 radical (unpaired) electrons. The lowest BCUT2D eigenvalue weighted by Gasteiger charge is -2.32. The van der Waals surface area contributed by atoms with E-state index in [2.05, 4.69) is 53.5 Å². The monoisotopic (exact) mass is 438 g/mol. The van der Waals surface area contributed by atoms with E-state index < -0.39 is 0 Å². The number of rotatable bonds is 4. The zero-order valence-electron chi connectivity index (χ0n) is 17.7. The molecule has 3 heterocycles. The first-order valence-corrected chi connectivity index (χ1v) is 13.0. The number of thiophene rings is 1. The van der Waals surface area contributed by atoms with Crippen molar-refractivity contribution in [3.05, 3.63) is 61.7 Å². The van der Waals surface area contributed by atoms with Crippen molar-refractivity contribution in [2.75, 3.05) is 13.1 Å². The zero-order chi connectivity index (χ0) is 20.5. The van der Waals surface area contributed by atoms with Crippen molar-refractivity contribution in [3.63, 3.8) is 0 Å². The second-order valence-electron chi connectivity index (χ2n) is 9.00. The Morgan fingerprint density at radius 2 is 1.93 bits per heavy atom. The largest absolute Gasteiger partial charge is 0.349 e. The van der Waals surface area contributed by atoms with Crippen LogP contribution in [0.2, 0.25) is 0 Å². The molecule has 0 saturated carbocycles. The number of nitrogens with one attached hydrogen (secondary N) is 1. The third-order valence-electron chi connectivity index (χ3n) is 6.68. The lowest BCUT2D eigenvalue weighted by molar-refractivity contribution is -0.117. The van der Waals surface area contributed by atoms with Gasteiger partial charge in [0.25, 0.3) is 5.91 Å². The molecule has 1 fully saturated rings. The number of amides is 1. The number of thioether (sulfide) groups is 1. The van der Waals surface area contributed by atoms with Crippen LogP contribution in [0.15, 0.2) is 35.2 Å². The normalized spacial score (nSPS) is 22.2. The average molecular weight is 439 g/mol. The van der Waals surface area contributed by atoms with Gasteiger partial charge in [-0.15, -0.1) is 23.1 Å². The Kier molecular flexibility index (Phi) is 6.03. The number of carbonyl (C=O) groups is 1. The maximum atomic E-state index is 12.9. The van der Waals surface area contributed by atoms with Crippen LogP contribution in [-0.2, 0) is 29.9 Å². The molecule has 0 bridgehead atoms. The Bertz CT molecular complexity index is 942. The lowest BCUT2D eigenvalue weighted by atomic mass is 9.88. The van der Waals surface area contributed by atoms with E-state index in [9.17, 15) is 4.79 Å². The molecule has 2 aliphatic heterocycles. The Hall–Kier alpha value is -1.56. The molecule has 3 nitrogen and oxygen atoms in total. The summed E-state index contributed by atoms with van der Waals surface area (Å²) in [4.78, 5) is 19.2. The third kappa shape index (κ3) is 4.39. The second kappa shape index (κ2) is 8.89. The van der Waals surface area contributed by atoms with Crippen molar-refractivity contribution in [3.8, 4) is 0 Å². The van der Waals surface area contributed by atoms with Gasteiger partial charge in [0.15, 0.2) is 0 Å². The SMILES string of the molecule is C[C@H]1CCc2c(sc3c2CSC(C(=O)NC2CCN(Cc4ccccc4)CC2)=C3)C1. The number of carbonyl (C=O) groups excluding carboxylic acids is 1. The Morgan fingerprint density at radius 3 is 2.73 bits per heavy atom. The first-order valence-electron chi connectivity index (χ1n) is 11.2. The molecule has 1 aromatic carbocycles. The van der Waals surface area contributed by atoms with Gasteiger partial charge in [-0.3, -0.25) is 9.69 Å². The molecule has 2 aromatic rings. The van der Waals surface area contributed by atoms with Crippen LogP contribution in [0.1, 0.15) is 52.6 Å². The minimum atomic E-state index is 0.131. The molecule has 1 atom stereocenters. The molecule has 1 aromatic heterocycles. The summed E-state index contributed by atoms with van der Waals surface area (Å²) >= 11 is 3.66. The van der Waals surface area contributed by atoms with Gasteiger partial charge in [0.05, 0.1) is 4.91 Å². The van der Waals surface area contributed by atoms with Crippen LogP contribution in [0.5, 0.6) is 0 Å². The van der Waals surface area contributed by atoms with E-state index in [-0.39, 0.29) is 5.91 Å². The molecule has 30 heavy (non-hydrogen) atoms. The molecular formula is C25H30N2OS2. The number of benzene rings is 1. The maximum absolute atomic E-state index is 12.9. The highest BCUT2D eigenvalue weighted by atomic mass is 32.2. The van der Waals surface area contributed by atoms with Gasteiger partial charge in [0.1, 0.15) is 0 Å². The number of fused-ring (bicyclic) bond motifs is 3. The van der Waals surface area contributed by atoms with E-state index in [0.29, 0.717) is 6.04 Å². The van der Waals surface area contributed by atoms with Crippen molar-refractivity contribution in [2.24, 2.45) is 5.92 Å². The quantitative estimate of drug-likeness (QED) is 0.708. The topological polar surface area (TPSA) is 32.3 Å². The fourth-order valence-electron chi connectivity index (χ4n) is 4.89.